The van der Waals surface area contributed by atoms with E-state index < -0.39 is 23.1 Å². The van der Waals surface area contributed by atoms with E-state index in [0.29, 0.717) is 6.54 Å². The van der Waals surface area contributed by atoms with Crippen molar-refractivity contribution in [3.05, 3.63) is 69.9 Å². The number of aryl methyl sites for hydroxylation is 1. The lowest BCUT2D eigenvalue weighted by molar-refractivity contribution is 0.268. The van der Waals surface area contributed by atoms with Crippen LogP contribution in [0.3, 0.4) is 0 Å². The van der Waals surface area contributed by atoms with Gasteiger partial charge in [-0.3, -0.25) is 9.55 Å². The molecule has 0 radical (unpaired) electrons. The second-order valence-electron chi connectivity index (χ2n) is 8.37. The van der Waals surface area contributed by atoms with Gasteiger partial charge in [0.1, 0.15) is 18.2 Å². The number of aromatic nitrogens is 3. The molecule has 5 rings (SSSR count). The summed E-state index contributed by atoms with van der Waals surface area (Å²) in [7, 11) is 2.06. The zero-order valence-electron chi connectivity index (χ0n) is 18.3. The summed E-state index contributed by atoms with van der Waals surface area (Å²) in [5.41, 5.74) is 0.616. The van der Waals surface area contributed by atoms with Crippen molar-refractivity contribution in [1.29, 1.82) is 0 Å². The molecule has 3 aromatic rings. The van der Waals surface area contributed by atoms with E-state index in [9.17, 15) is 13.6 Å². The second kappa shape index (κ2) is 8.43. The summed E-state index contributed by atoms with van der Waals surface area (Å²) in [6.45, 7) is 4.80. The summed E-state index contributed by atoms with van der Waals surface area (Å²) < 4.78 is 41.7. The summed E-state index contributed by atoms with van der Waals surface area (Å²) in [4.78, 5) is 25.0. The predicted molar refractivity (Wildman–Crippen MR) is 117 cm³/mol. The number of piperazine rings is 1. The van der Waals surface area contributed by atoms with Crippen LogP contribution < -0.4 is 20.1 Å². The molecule has 172 valence electrons. The lowest BCUT2D eigenvalue weighted by Gasteiger charge is -2.36. The molecule has 10 heteroatoms. The maximum Gasteiger partial charge on any atom is 0.352 e. The van der Waals surface area contributed by atoms with Gasteiger partial charge in [0.25, 0.3) is 0 Å². The van der Waals surface area contributed by atoms with E-state index in [4.69, 9.17) is 9.47 Å². The van der Waals surface area contributed by atoms with Gasteiger partial charge in [0, 0.05) is 31.4 Å². The minimum Gasteiger partial charge on any atom is -0.473 e. The molecule has 0 amide bonds. The molecule has 2 aliphatic rings. The topological polar surface area (TPSA) is 72.7 Å². The van der Waals surface area contributed by atoms with Crippen LogP contribution in [-0.2, 0) is 13.2 Å². The zero-order chi connectivity index (χ0) is 23.1. The molecule has 0 saturated carbocycles. The third-order valence-electron chi connectivity index (χ3n) is 5.89. The summed E-state index contributed by atoms with van der Waals surface area (Å²) >= 11 is 0. The van der Waals surface area contributed by atoms with Crippen molar-refractivity contribution in [1.82, 2.24) is 19.4 Å². The highest BCUT2D eigenvalue weighted by molar-refractivity contribution is 5.47. The molecule has 4 heterocycles. The number of pyridine rings is 1. The number of anilines is 1. The van der Waals surface area contributed by atoms with Crippen LogP contribution in [0, 0.1) is 18.6 Å². The Morgan fingerprint density at radius 2 is 1.91 bits per heavy atom. The second-order valence-corrected chi connectivity index (χ2v) is 8.37. The van der Waals surface area contributed by atoms with Gasteiger partial charge in [0.15, 0.2) is 17.4 Å². The van der Waals surface area contributed by atoms with Crippen LogP contribution in [0.4, 0.5) is 14.6 Å². The van der Waals surface area contributed by atoms with Crippen LogP contribution in [-0.4, -0.2) is 52.2 Å². The van der Waals surface area contributed by atoms with Gasteiger partial charge in [-0.05, 0) is 43.8 Å². The van der Waals surface area contributed by atoms with Gasteiger partial charge in [-0.25, -0.2) is 13.6 Å². The number of hydrogen-bond acceptors (Lipinski definition) is 7. The quantitative estimate of drug-likeness (QED) is 0.586. The maximum absolute atomic E-state index is 14.5. The predicted octanol–water partition coefficient (Wildman–Crippen LogP) is 2.73. The summed E-state index contributed by atoms with van der Waals surface area (Å²) in [5, 5.41) is 0. The van der Waals surface area contributed by atoms with Crippen molar-refractivity contribution >= 4 is 5.82 Å². The molecule has 1 unspecified atom stereocenters. The van der Waals surface area contributed by atoms with Crippen molar-refractivity contribution in [2.75, 3.05) is 31.6 Å². The fourth-order valence-corrected chi connectivity index (χ4v) is 4.22. The normalized spacial score (nSPS) is 17.6. The molecule has 0 aliphatic carbocycles. The largest absolute Gasteiger partial charge is 0.473 e. The van der Waals surface area contributed by atoms with Crippen molar-refractivity contribution in [2.24, 2.45) is 0 Å². The molecular formula is C23H23F2N5O3. The molecular weight excluding hydrogens is 432 g/mol. The minimum atomic E-state index is -0.864. The average molecular weight is 455 g/mol. The first-order valence-electron chi connectivity index (χ1n) is 10.7. The van der Waals surface area contributed by atoms with E-state index in [1.807, 2.05) is 0 Å². The SMILES string of the molecule is Cc1ccc(Oc2c(F)cc(COc3cc4n(c(=O)n3)CC3CN(C)CCN43)cc2F)cn1. The van der Waals surface area contributed by atoms with Gasteiger partial charge in [0.2, 0.25) is 5.88 Å². The molecule has 1 aromatic carbocycles. The summed E-state index contributed by atoms with van der Waals surface area (Å²) in [5.74, 6) is -1.13. The summed E-state index contributed by atoms with van der Waals surface area (Å²) in [6, 6.07) is 7.47. The molecule has 2 aromatic heterocycles. The maximum atomic E-state index is 14.5. The van der Waals surface area contributed by atoms with Gasteiger partial charge in [-0.2, -0.15) is 4.98 Å². The number of halogens is 2. The molecule has 8 nitrogen and oxygen atoms in total. The molecule has 2 aliphatic heterocycles. The van der Waals surface area contributed by atoms with Gasteiger partial charge in [-0.1, -0.05) is 0 Å². The number of benzene rings is 1. The monoisotopic (exact) mass is 455 g/mol. The van der Waals surface area contributed by atoms with Gasteiger partial charge < -0.3 is 19.3 Å². The average Bonchev–Trinajstić information content (AvgIpc) is 3.14. The highest BCUT2D eigenvalue weighted by Crippen LogP contribution is 2.30. The van der Waals surface area contributed by atoms with Crippen LogP contribution >= 0.6 is 0 Å². The summed E-state index contributed by atoms with van der Waals surface area (Å²) in [6.07, 6.45) is 1.40. The van der Waals surface area contributed by atoms with Crippen LogP contribution in [0.25, 0.3) is 0 Å². The highest BCUT2D eigenvalue weighted by atomic mass is 19.1. The van der Waals surface area contributed by atoms with Crippen LogP contribution in [0.15, 0.2) is 41.3 Å². The van der Waals surface area contributed by atoms with E-state index >= 15 is 0 Å². The standard InChI is InChI=1S/C23H23F2N5O3/c1-14-3-4-17(10-26-14)33-22-18(24)7-15(8-19(22)25)13-32-20-9-21-29-6-5-28(2)11-16(29)12-30(21)23(31)27-20/h3-4,7-10,16H,5-6,11-13H2,1-2H3. The van der Waals surface area contributed by atoms with Crippen LogP contribution in [0.1, 0.15) is 11.3 Å². The minimum absolute atomic E-state index is 0.123. The van der Waals surface area contributed by atoms with Crippen molar-refractivity contribution in [2.45, 2.75) is 26.1 Å². The first kappa shape index (κ1) is 21.3. The van der Waals surface area contributed by atoms with Crippen molar-refractivity contribution in [3.8, 4) is 17.4 Å². The Morgan fingerprint density at radius 1 is 1.12 bits per heavy atom. The number of likely N-dealkylation sites (N-methyl/N-ethyl adjacent to an activating group) is 1. The zero-order valence-corrected chi connectivity index (χ0v) is 18.3. The Hall–Kier alpha value is -3.53. The Bertz CT molecular complexity index is 1220. The van der Waals surface area contributed by atoms with Gasteiger partial charge in [0.05, 0.1) is 18.8 Å². The molecule has 0 spiro atoms. The lowest BCUT2D eigenvalue weighted by Crippen LogP contribution is -2.50. The Morgan fingerprint density at radius 3 is 2.64 bits per heavy atom. The molecule has 1 saturated heterocycles. The first-order valence-corrected chi connectivity index (χ1v) is 10.7. The number of ether oxygens (including phenoxy) is 2. The Labute approximate surface area is 189 Å². The number of hydrogen-bond donors (Lipinski definition) is 0. The fraction of sp³-hybridized carbons (Fsp3) is 0.348. The van der Waals surface area contributed by atoms with Crippen LogP contribution in [0.2, 0.25) is 0 Å². The van der Waals surface area contributed by atoms with E-state index in [2.05, 4.69) is 26.8 Å². The molecule has 1 fully saturated rings. The number of nitrogens with zero attached hydrogens (tertiary/aromatic N) is 5. The van der Waals surface area contributed by atoms with Crippen molar-refractivity contribution in [3.63, 3.8) is 0 Å². The van der Waals surface area contributed by atoms with Crippen molar-refractivity contribution < 1.29 is 18.3 Å². The molecule has 0 N–H and O–H groups in total. The Balaban J connectivity index is 1.31. The molecule has 1 atom stereocenters. The fourth-order valence-electron chi connectivity index (χ4n) is 4.22. The third kappa shape index (κ3) is 4.25. The van der Waals surface area contributed by atoms with E-state index in [1.165, 1.54) is 6.20 Å². The Kier molecular flexibility index (Phi) is 5.45. The van der Waals surface area contributed by atoms with Gasteiger partial charge >= 0.3 is 5.69 Å². The number of rotatable bonds is 5. The van der Waals surface area contributed by atoms with E-state index in [1.54, 1.807) is 29.7 Å². The van der Waals surface area contributed by atoms with Crippen LogP contribution in [0.5, 0.6) is 17.4 Å². The van der Waals surface area contributed by atoms with E-state index in [0.717, 1.165) is 43.3 Å². The van der Waals surface area contributed by atoms with Gasteiger partial charge in [-0.15, -0.1) is 0 Å². The lowest BCUT2D eigenvalue weighted by atomic mass is 10.2. The van der Waals surface area contributed by atoms with E-state index in [-0.39, 0.29) is 29.8 Å². The highest BCUT2D eigenvalue weighted by Gasteiger charge is 2.34. The number of fused-ring (bicyclic) bond motifs is 3. The smallest absolute Gasteiger partial charge is 0.352 e. The third-order valence-corrected chi connectivity index (χ3v) is 5.89. The molecule has 0 bridgehead atoms. The molecule has 33 heavy (non-hydrogen) atoms. The first-order chi connectivity index (χ1) is 15.9.